The molecule has 4 heteroatoms. The van der Waals surface area contributed by atoms with Crippen LogP contribution in [0.5, 0.6) is 5.75 Å². The van der Waals surface area contributed by atoms with Gasteiger partial charge in [0.05, 0.1) is 7.11 Å². The zero-order valence-corrected chi connectivity index (χ0v) is 12.2. The molecule has 1 aliphatic carbocycles. The van der Waals surface area contributed by atoms with Gasteiger partial charge in [-0.3, -0.25) is 0 Å². The molecule has 0 saturated heterocycles. The quantitative estimate of drug-likeness (QED) is 0.868. The summed E-state index contributed by atoms with van der Waals surface area (Å²) in [7, 11) is 1.64. The third-order valence-corrected chi connectivity index (χ3v) is 3.91. The van der Waals surface area contributed by atoms with Gasteiger partial charge >= 0.3 is 6.03 Å². The van der Waals surface area contributed by atoms with Crippen LogP contribution in [0, 0.1) is 5.92 Å². The van der Waals surface area contributed by atoms with Gasteiger partial charge in [0.1, 0.15) is 5.75 Å². The first-order chi connectivity index (χ1) is 9.79. The Morgan fingerprint density at radius 2 is 1.95 bits per heavy atom. The normalized spacial score (nSPS) is 15.7. The predicted molar refractivity (Wildman–Crippen MR) is 79.8 cm³/mol. The fraction of sp³-hybridized carbons (Fsp3) is 0.562. The highest BCUT2D eigenvalue weighted by Gasteiger charge is 2.14. The maximum absolute atomic E-state index is 11.8. The van der Waals surface area contributed by atoms with Crippen molar-refractivity contribution < 1.29 is 9.53 Å². The highest BCUT2D eigenvalue weighted by Crippen LogP contribution is 2.22. The van der Waals surface area contributed by atoms with Crippen molar-refractivity contribution in [2.24, 2.45) is 5.92 Å². The minimum atomic E-state index is -0.0959. The van der Waals surface area contributed by atoms with Crippen molar-refractivity contribution in [1.82, 2.24) is 10.6 Å². The van der Waals surface area contributed by atoms with Crippen LogP contribution >= 0.6 is 0 Å². The van der Waals surface area contributed by atoms with Crippen LogP contribution in [0.25, 0.3) is 0 Å². The highest BCUT2D eigenvalue weighted by molar-refractivity contribution is 5.73. The molecule has 1 saturated carbocycles. The van der Waals surface area contributed by atoms with Gasteiger partial charge in [0.25, 0.3) is 0 Å². The summed E-state index contributed by atoms with van der Waals surface area (Å²) >= 11 is 0. The van der Waals surface area contributed by atoms with E-state index < -0.39 is 0 Å². The number of hydrogen-bond donors (Lipinski definition) is 2. The van der Waals surface area contributed by atoms with Gasteiger partial charge < -0.3 is 15.4 Å². The van der Waals surface area contributed by atoms with Gasteiger partial charge in [0.15, 0.2) is 0 Å². The first-order valence-corrected chi connectivity index (χ1v) is 7.43. The van der Waals surface area contributed by atoms with Crippen molar-refractivity contribution in [3.8, 4) is 5.75 Å². The van der Waals surface area contributed by atoms with Crippen molar-refractivity contribution in [2.75, 3.05) is 13.7 Å². The van der Waals surface area contributed by atoms with Gasteiger partial charge in [-0.2, -0.15) is 0 Å². The second-order valence-corrected chi connectivity index (χ2v) is 5.38. The standard InChI is InChI=1S/C16H24N2O2/c1-20-15-10-6-5-9-14(15)12-18-16(19)17-11-13-7-3-2-4-8-13/h5-6,9-10,13H,2-4,7-8,11-12H2,1H3,(H2,17,18,19). The fourth-order valence-corrected chi connectivity index (χ4v) is 2.72. The number of benzene rings is 1. The summed E-state index contributed by atoms with van der Waals surface area (Å²) in [4.78, 5) is 11.8. The van der Waals surface area contributed by atoms with E-state index in [1.54, 1.807) is 7.11 Å². The highest BCUT2D eigenvalue weighted by atomic mass is 16.5. The lowest BCUT2D eigenvalue weighted by atomic mass is 9.89. The van der Waals surface area contributed by atoms with Crippen molar-refractivity contribution in [3.63, 3.8) is 0 Å². The SMILES string of the molecule is COc1ccccc1CNC(=O)NCC1CCCCC1. The zero-order valence-electron chi connectivity index (χ0n) is 12.2. The summed E-state index contributed by atoms with van der Waals surface area (Å²) in [5, 5.41) is 5.85. The van der Waals surface area contributed by atoms with E-state index in [2.05, 4.69) is 10.6 Å². The molecular weight excluding hydrogens is 252 g/mol. The average Bonchev–Trinajstić information content (AvgIpc) is 2.52. The van der Waals surface area contributed by atoms with Crippen LogP contribution in [0.3, 0.4) is 0 Å². The van der Waals surface area contributed by atoms with E-state index in [0.717, 1.165) is 17.9 Å². The van der Waals surface area contributed by atoms with Gasteiger partial charge in [-0.25, -0.2) is 4.79 Å². The van der Waals surface area contributed by atoms with Crippen molar-refractivity contribution in [2.45, 2.75) is 38.6 Å². The van der Waals surface area contributed by atoms with E-state index in [0.29, 0.717) is 12.5 Å². The number of rotatable bonds is 5. The number of carbonyl (C=O) groups is 1. The molecule has 2 amide bonds. The molecule has 0 heterocycles. The second kappa shape index (κ2) is 7.78. The van der Waals surface area contributed by atoms with Crippen LogP contribution in [0.15, 0.2) is 24.3 Å². The molecule has 1 aromatic rings. The summed E-state index contributed by atoms with van der Waals surface area (Å²) in [5.41, 5.74) is 0.989. The molecule has 110 valence electrons. The average molecular weight is 276 g/mol. The Labute approximate surface area is 120 Å². The molecule has 0 bridgehead atoms. The first kappa shape index (κ1) is 14.7. The van der Waals surface area contributed by atoms with E-state index in [4.69, 9.17) is 4.74 Å². The van der Waals surface area contributed by atoms with E-state index in [1.807, 2.05) is 24.3 Å². The number of ether oxygens (including phenoxy) is 1. The lowest BCUT2D eigenvalue weighted by Crippen LogP contribution is -2.38. The molecular formula is C16H24N2O2. The minimum absolute atomic E-state index is 0.0959. The number of carbonyl (C=O) groups excluding carboxylic acids is 1. The molecule has 20 heavy (non-hydrogen) atoms. The van der Waals surface area contributed by atoms with Crippen molar-refractivity contribution in [3.05, 3.63) is 29.8 Å². The van der Waals surface area contributed by atoms with E-state index in [1.165, 1.54) is 32.1 Å². The smallest absolute Gasteiger partial charge is 0.315 e. The molecule has 4 nitrogen and oxygen atoms in total. The number of hydrogen-bond acceptors (Lipinski definition) is 2. The van der Waals surface area contributed by atoms with Crippen LogP contribution in [0.1, 0.15) is 37.7 Å². The molecule has 2 rings (SSSR count). The molecule has 2 N–H and O–H groups in total. The van der Waals surface area contributed by atoms with Gasteiger partial charge in [0.2, 0.25) is 0 Å². The molecule has 0 unspecified atom stereocenters. The number of methoxy groups -OCH3 is 1. The molecule has 0 radical (unpaired) electrons. The maximum atomic E-state index is 11.8. The number of para-hydroxylation sites is 1. The maximum Gasteiger partial charge on any atom is 0.315 e. The Morgan fingerprint density at radius 1 is 1.20 bits per heavy atom. The summed E-state index contributed by atoms with van der Waals surface area (Å²) in [6, 6.07) is 7.63. The van der Waals surface area contributed by atoms with E-state index in [-0.39, 0.29) is 6.03 Å². The first-order valence-electron chi connectivity index (χ1n) is 7.43. The van der Waals surface area contributed by atoms with Gasteiger partial charge in [-0.05, 0) is 24.8 Å². The Bertz CT molecular complexity index is 428. The molecule has 1 fully saturated rings. The largest absolute Gasteiger partial charge is 0.496 e. The summed E-state index contributed by atoms with van der Waals surface area (Å²) in [6.45, 7) is 1.28. The fourth-order valence-electron chi connectivity index (χ4n) is 2.72. The molecule has 1 aromatic carbocycles. The third-order valence-electron chi connectivity index (χ3n) is 3.91. The molecule has 0 aliphatic heterocycles. The van der Waals surface area contributed by atoms with Crippen molar-refractivity contribution in [1.29, 1.82) is 0 Å². The van der Waals surface area contributed by atoms with Crippen LogP contribution in [0.4, 0.5) is 4.79 Å². The van der Waals surface area contributed by atoms with Crippen LogP contribution < -0.4 is 15.4 Å². The monoisotopic (exact) mass is 276 g/mol. The van der Waals surface area contributed by atoms with Crippen molar-refractivity contribution >= 4 is 6.03 Å². The topological polar surface area (TPSA) is 50.4 Å². The Balaban J connectivity index is 1.71. The van der Waals surface area contributed by atoms with E-state index in [9.17, 15) is 4.79 Å². The summed E-state index contributed by atoms with van der Waals surface area (Å²) in [6.07, 6.45) is 6.43. The molecule has 0 atom stereocenters. The predicted octanol–water partition coefficient (Wildman–Crippen LogP) is 3.07. The minimum Gasteiger partial charge on any atom is -0.496 e. The van der Waals surface area contributed by atoms with Gasteiger partial charge in [-0.1, -0.05) is 37.5 Å². The second-order valence-electron chi connectivity index (χ2n) is 5.38. The van der Waals surface area contributed by atoms with Crippen LogP contribution in [0.2, 0.25) is 0 Å². The Hall–Kier alpha value is -1.71. The Kier molecular flexibility index (Phi) is 5.71. The number of nitrogens with one attached hydrogen (secondary N) is 2. The number of urea groups is 1. The van der Waals surface area contributed by atoms with Crippen LogP contribution in [-0.2, 0) is 6.54 Å². The van der Waals surface area contributed by atoms with Gasteiger partial charge in [0, 0.05) is 18.7 Å². The number of amides is 2. The molecule has 0 spiro atoms. The zero-order chi connectivity index (χ0) is 14.2. The Morgan fingerprint density at radius 3 is 2.70 bits per heavy atom. The lowest BCUT2D eigenvalue weighted by molar-refractivity contribution is 0.235. The summed E-state index contributed by atoms with van der Waals surface area (Å²) < 4.78 is 5.26. The van der Waals surface area contributed by atoms with E-state index >= 15 is 0 Å². The molecule has 0 aromatic heterocycles. The summed E-state index contributed by atoms with van der Waals surface area (Å²) in [5.74, 6) is 1.46. The lowest BCUT2D eigenvalue weighted by Gasteiger charge is -2.21. The van der Waals surface area contributed by atoms with Gasteiger partial charge in [-0.15, -0.1) is 0 Å². The van der Waals surface area contributed by atoms with Crippen LogP contribution in [-0.4, -0.2) is 19.7 Å². The molecule has 1 aliphatic rings. The third kappa shape index (κ3) is 4.44.